The van der Waals surface area contributed by atoms with Crippen LogP contribution >= 0.6 is 0 Å². The fourth-order valence-electron chi connectivity index (χ4n) is 2.16. The lowest BCUT2D eigenvalue weighted by molar-refractivity contribution is -0.146. The maximum atomic E-state index is 12.4. The molecule has 0 spiro atoms. The molecule has 0 saturated heterocycles. The predicted octanol–water partition coefficient (Wildman–Crippen LogP) is 1.58. The molecule has 1 rings (SSSR count). The monoisotopic (exact) mass is 336 g/mol. The predicted molar refractivity (Wildman–Crippen MR) is 89.3 cm³/mol. The maximum absolute atomic E-state index is 12.4. The summed E-state index contributed by atoms with van der Waals surface area (Å²) < 4.78 is 9.79. The number of carbonyl (C=O) groups is 3. The fourth-order valence-corrected chi connectivity index (χ4v) is 2.16. The summed E-state index contributed by atoms with van der Waals surface area (Å²) in [6.07, 6.45) is 0.121. The number of carbonyl (C=O) groups excluding carboxylic acids is 3. The molecule has 0 fully saturated rings. The smallest absolute Gasteiger partial charge is 0.328 e. The second-order valence-corrected chi connectivity index (χ2v) is 5.20. The molecule has 0 aliphatic rings. The summed E-state index contributed by atoms with van der Waals surface area (Å²) in [5.41, 5.74) is 7.32. The Morgan fingerprint density at radius 2 is 1.83 bits per heavy atom. The minimum absolute atomic E-state index is 0.0122. The Morgan fingerprint density at radius 1 is 1.17 bits per heavy atom. The van der Waals surface area contributed by atoms with Crippen LogP contribution in [-0.4, -0.2) is 37.1 Å². The third-order valence-electron chi connectivity index (χ3n) is 3.31. The lowest BCUT2D eigenvalue weighted by atomic mass is 10.1. The van der Waals surface area contributed by atoms with Gasteiger partial charge in [0.15, 0.2) is 0 Å². The Labute approximate surface area is 141 Å². The molecule has 0 aliphatic heterocycles. The minimum Gasteiger partial charge on any atom is -0.466 e. The number of esters is 2. The molecular weight excluding hydrogens is 312 g/mol. The summed E-state index contributed by atoms with van der Waals surface area (Å²) in [5, 5.41) is 2.61. The van der Waals surface area contributed by atoms with Gasteiger partial charge in [0.2, 0.25) is 0 Å². The molecule has 0 bridgehead atoms. The van der Waals surface area contributed by atoms with Crippen LogP contribution in [0.25, 0.3) is 0 Å². The van der Waals surface area contributed by atoms with Crippen molar-refractivity contribution >= 4 is 23.5 Å². The van der Waals surface area contributed by atoms with E-state index in [0.29, 0.717) is 16.8 Å². The van der Waals surface area contributed by atoms with Crippen molar-refractivity contribution in [1.29, 1.82) is 0 Å². The Bertz CT molecular complexity index is 601. The van der Waals surface area contributed by atoms with Crippen molar-refractivity contribution in [3.05, 3.63) is 29.3 Å². The van der Waals surface area contributed by atoms with Crippen molar-refractivity contribution in [3.8, 4) is 0 Å². The highest BCUT2D eigenvalue weighted by Crippen LogP contribution is 2.13. The van der Waals surface area contributed by atoms with E-state index in [-0.39, 0.29) is 26.1 Å². The first-order valence-corrected chi connectivity index (χ1v) is 7.88. The average Bonchev–Trinajstić information content (AvgIpc) is 2.51. The third-order valence-corrected chi connectivity index (χ3v) is 3.31. The normalized spacial score (nSPS) is 11.5. The van der Waals surface area contributed by atoms with Crippen LogP contribution in [0, 0.1) is 6.92 Å². The molecule has 0 unspecified atom stereocenters. The summed E-state index contributed by atoms with van der Waals surface area (Å²) in [5.74, 6) is -1.43. The molecular formula is C17H24N2O5. The molecule has 1 atom stereocenters. The molecule has 7 heteroatoms. The van der Waals surface area contributed by atoms with E-state index in [2.05, 4.69) is 5.32 Å². The largest absolute Gasteiger partial charge is 0.466 e. The van der Waals surface area contributed by atoms with Gasteiger partial charge in [-0.05, 0) is 51.0 Å². The molecule has 1 aromatic rings. The quantitative estimate of drug-likeness (QED) is 0.551. The van der Waals surface area contributed by atoms with E-state index < -0.39 is 23.9 Å². The topological polar surface area (TPSA) is 108 Å². The first kappa shape index (κ1) is 19.5. The molecule has 0 saturated carbocycles. The highest BCUT2D eigenvalue weighted by Gasteiger charge is 2.24. The van der Waals surface area contributed by atoms with E-state index in [1.165, 1.54) is 0 Å². The SMILES string of the molecule is CCOC(=O)CC[C@H](NC(=O)c1ccc(N)cc1C)C(=O)OCC. The number of ether oxygens (including phenoxy) is 2. The van der Waals surface area contributed by atoms with Gasteiger partial charge < -0.3 is 20.5 Å². The Hall–Kier alpha value is -2.57. The van der Waals surface area contributed by atoms with Crippen molar-refractivity contribution < 1.29 is 23.9 Å². The molecule has 1 aromatic carbocycles. The molecule has 24 heavy (non-hydrogen) atoms. The lowest BCUT2D eigenvalue weighted by Crippen LogP contribution is -2.42. The number of anilines is 1. The highest BCUT2D eigenvalue weighted by molar-refractivity contribution is 5.98. The van der Waals surface area contributed by atoms with E-state index in [1.54, 1.807) is 39.0 Å². The van der Waals surface area contributed by atoms with Crippen LogP contribution in [0.3, 0.4) is 0 Å². The molecule has 0 aromatic heterocycles. The minimum atomic E-state index is -0.918. The zero-order valence-corrected chi connectivity index (χ0v) is 14.3. The first-order valence-electron chi connectivity index (χ1n) is 7.88. The highest BCUT2D eigenvalue weighted by atomic mass is 16.5. The molecule has 1 amide bonds. The summed E-state index contributed by atoms with van der Waals surface area (Å²) in [7, 11) is 0. The number of rotatable bonds is 8. The van der Waals surface area contributed by atoms with Gasteiger partial charge in [-0.15, -0.1) is 0 Å². The van der Waals surface area contributed by atoms with Gasteiger partial charge in [-0.25, -0.2) is 4.79 Å². The van der Waals surface area contributed by atoms with Crippen LogP contribution in [0.5, 0.6) is 0 Å². The molecule has 3 N–H and O–H groups in total. The average molecular weight is 336 g/mol. The van der Waals surface area contributed by atoms with E-state index in [4.69, 9.17) is 15.2 Å². The summed E-state index contributed by atoms with van der Waals surface area (Å²) >= 11 is 0. The maximum Gasteiger partial charge on any atom is 0.328 e. The van der Waals surface area contributed by atoms with Gasteiger partial charge in [-0.2, -0.15) is 0 Å². The van der Waals surface area contributed by atoms with Crippen LogP contribution < -0.4 is 11.1 Å². The zero-order valence-electron chi connectivity index (χ0n) is 14.3. The number of benzene rings is 1. The molecule has 7 nitrogen and oxygen atoms in total. The number of nitrogen functional groups attached to an aromatic ring is 1. The van der Waals surface area contributed by atoms with Gasteiger partial charge in [0.1, 0.15) is 6.04 Å². The fraction of sp³-hybridized carbons (Fsp3) is 0.471. The first-order chi connectivity index (χ1) is 11.4. The third kappa shape index (κ3) is 5.91. The molecule has 0 radical (unpaired) electrons. The Morgan fingerprint density at radius 3 is 2.42 bits per heavy atom. The Balaban J connectivity index is 2.81. The van der Waals surface area contributed by atoms with Gasteiger partial charge in [0, 0.05) is 17.7 Å². The van der Waals surface area contributed by atoms with Crippen molar-refractivity contribution in [3.63, 3.8) is 0 Å². The zero-order chi connectivity index (χ0) is 18.1. The van der Waals surface area contributed by atoms with Crippen LogP contribution in [0.4, 0.5) is 5.69 Å². The second-order valence-electron chi connectivity index (χ2n) is 5.20. The van der Waals surface area contributed by atoms with Gasteiger partial charge >= 0.3 is 11.9 Å². The van der Waals surface area contributed by atoms with E-state index in [0.717, 1.165) is 0 Å². The second kappa shape index (κ2) is 9.54. The van der Waals surface area contributed by atoms with Gasteiger partial charge in [0.05, 0.1) is 13.2 Å². The van der Waals surface area contributed by atoms with Crippen molar-refractivity contribution in [2.45, 2.75) is 39.7 Å². The lowest BCUT2D eigenvalue weighted by Gasteiger charge is -2.17. The van der Waals surface area contributed by atoms with Gasteiger partial charge in [-0.1, -0.05) is 0 Å². The van der Waals surface area contributed by atoms with Crippen LogP contribution in [0.15, 0.2) is 18.2 Å². The number of hydrogen-bond acceptors (Lipinski definition) is 6. The summed E-state index contributed by atoms with van der Waals surface area (Å²) in [4.78, 5) is 35.9. The number of aryl methyl sites for hydroxylation is 1. The molecule has 0 heterocycles. The van der Waals surface area contributed by atoms with Gasteiger partial charge in [-0.3, -0.25) is 9.59 Å². The van der Waals surface area contributed by atoms with Crippen molar-refractivity contribution in [2.75, 3.05) is 18.9 Å². The summed E-state index contributed by atoms with van der Waals surface area (Å²) in [6.45, 7) is 5.58. The van der Waals surface area contributed by atoms with E-state index in [1.807, 2.05) is 0 Å². The van der Waals surface area contributed by atoms with Gasteiger partial charge in [0.25, 0.3) is 5.91 Å². The molecule has 132 valence electrons. The number of nitrogens with one attached hydrogen (secondary N) is 1. The standard InChI is InChI=1S/C17H24N2O5/c1-4-23-15(20)9-8-14(17(22)24-5-2)19-16(21)13-7-6-12(18)10-11(13)3/h6-7,10,14H,4-5,8-9,18H2,1-3H3,(H,19,21)/t14-/m0/s1. The number of amides is 1. The Kier molecular flexibility index (Phi) is 7.74. The van der Waals surface area contributed by atoms with Crippen LogP contribution in [0.1, 0.15) is 42.6 Å². The van der Waals surface area contributed by atoms with Crippen molar-refractivity contribution in [2.24, 2.45) is 0 Å². The van der Waals surface area contributed by atoms with Crippen LogP contribution in [0.2, 0.25) is 0 Å². The number of hydrogen-bond donors (Lipinski definition) is 2. The van der Waals surface area contributed by atoms with Crippen molar-refractivity contribution in [1.82, 2.24) is 5.32 Å². The van der Waals surface area contributed by atoms with E-state index in [9.17, 15) is 14.4 Å². The van der Waals surface area contributed by atoms with E-state index >= 15 is 0 Å². The summed E-state index contributed by atoms with van der Waals surface area (Å²) in [6, 6.07) is 3.96. The van der Waals surface area contributed by atoms with Crippen LogP contribution in [-0.2, 0) is 19.1 Å². The molecule has 0 aliphatic carbocycles. The number of nitrogens with two attached hydrogens (primary N) is 1.